The molecule has 1 fully saturated rings. The van der Waals surface area contributed by atoms with Crippen LogP contribution in [0.3, 0.4) is 0 Å². The summed E-state index contributed by atoms with van der Waals surface area (Å²) in [6.07, 6.45) is 47.4. The number of hydrogen-bond donors (Lipinski definition) is 8. The van der Waals surface area contributed by atoms with Crippen LogP contribution in [0.25, 0.3) is 0 Å². The summed E-state index contributed by atoms with van der Waals surface area (Å²) in [6.45, 7) is 3.41. The summed E-state index contributed by atoms with van der Waals surface area (Å²) in [6, 6.07) is -1.20. The highest BCUT2D eigenvalue weighted by Crippen LogP contribution is 2.23. The van der Waals surface area contributed by atoms with E-state index < -0.39 is 74.2 Å². The summed E-state index contributed by atoms with van der Waals surface area (Å²) in [7, 11) is 0. The van der Waals surface area contributed by atoms with Gasteiger partial charge in [-0.2, -0.15) is 0 Å². The Labute approximate surface area is 421 Å². The molecule has 1 rings (SSSR count). The van der Waals surface area contributed by atoms with Crippen LogP contribution in [0.1, 0.15) is 245 Å². The van der Waals surface area contributed by atoms with Gasteiger partial charge in [-0.05, 0) is 89.9 Å². The highest BCUT2D eigenvalue weighted by atomic mass is 16.7. The van der Waals surface area contributed by atoms with Crippen LogP contribution >= 0.6 is 0 Å². The van der Waals surface area contributed by atoms with Crippen LogP contribution in [0.15, 0.2) is 48.6 Å². The molecule has 1 saturated heterocycles. The lowest BCUT2D eigenvalue weighted by Gasteiger charge is -2.40. The van der Waals surface area contributed by atoms with Gasteiger partial charge in [-0.1, -0.05) is 204 Å². The highest BCUT2D eigenvalue weighted by molar-refractivity contribution is 5.80. The molecule has 0 radical (unpaired) electrons. The number of nitrogens with one attached hydrogen (secondary N) is 1. The molecule has 1 heterocycles. The van der Waals surface area contributed by atoms with Gasteiger partial charge in [-0.15, -0.1) is 0 Å². The van der Waals surface area contributed by atoms with Crippen LogP contribution < -0.4 is 5.32 Å². The molecule has 1 aliphatic heterocycles. The Bertz CT molecular complexity index is 1260. The lowest BCUT2D eigenvalue weighted by molar-refractivity contribution is -0.303. The number of aliphatic hydroxyl groups is 7. The largest absolute Gasteiger partial charge is 0.394 e. The topological polar surface area (TPSA) is 189 Å². The maximum atomic E-state index is 13.2. The van der Waals surface area contributed by atoms with E-state index in [4.69, 9.17) is 9.47 Å². The minimum absolute atomic E-state index is 0.240. The van der Waals surface area contributed by atoms with Crippen molar-refractivity contribution in [2.75, 3.05) is 13.2 Å². The third-order valence-electron chi connectivity index (χ3n) is 13.6. The van der Waals surface area contributed by atoms with Crippen molar-refractivity contribution in [3.05, 3.63) is 48.6 Å². The Balaban J connectivity index is 2.32. The first-order valence-electron chi connectivity index (χ1n) is 28.5. The molecule has 0 bridgehead atoms. The molecule has 8 N–H and O–H groups in total. The molecule has 404 valence electrons. The van der Waals surface area contributed by atoms with Gasteiger partial charge in [0.2, 0.25) is 5.91 Å². The second-order valence-electron chi connectivity index (χ2n) is 20.0. The number of carbonyl (C=O) groups is 1. The van der Waals surface area contributed by atoms with Gasteiger partial charge in [0.05, 0.1) is 25.4 Å². The standard InChI is InChI=1S/C58H107NO10/c1-3-5-7-9-11-13-15-17-19-21-22-23-24-25-26-27-28-29-30-32-34-36-38-40-42-44-46-51(62)57(67)59-49(48-68-58-56(66)55(65)54(64)52(47-60)69-58)53(63)50(61)45-43-41-39-37-35-33-31-20-18-16-14-12-10-8-6-4-2/h12,14,20,25-26,31,37,39,49-56,58,60-66H,3-11,13,15-19,21-24,27-30,32-36,38,40-48H2,1-2H3,(H,59,67)/b14-12+,26-25-,31-20+,39-37+. The maximum absolute atomic E-state index is 13.2. The average molecular weight is 978 g/mol. The average Bonchev–Trinajstić information content (AvgIpc) is 3.35. The number of unbranched alkanes of at least 4 members (excludes halogenated alkanes) is 28. The molecule has 11 nitrogen and oxygen atoms in total. The monoisotopic (exact) mass is 978 g/mol. The summed E-state index contributed by atoms with van der Waals surface area (Å²) in [4.78, 5) is 13.2. The molecular weight excluding hydrogens is 871 g/mol. The van der Waals surface area contributed by atoms with Crippen molar-refractivity contribution in [3.63, 3.8) is 0 Å². The minimum atomic E-state index is -1.67. The highest BCUT2D eigenvalue weighted by Gasteiger charge is 2.44. The summed E-state index contributed by atoms with van der Waals surface area (Å²) in [5.74, 6) is -0.713. The van der Waals surface area contributed by atoms with Crippen LogP contribution in [0.5, 0.6) is 0 Å². The number of amides is 1. The minimum Gasteiger partial charge on any atom is -0.394 e. The van der Waals surface area contributed by atoms with Crippen molar-refractivity contribution in [1.82, 2.24) is 5.32 Å². The number of hydrogen-bond acceptors (Lipinski definition) is 10. The first-order chi connectivity index (χ1) is 33.7. The van der Waals surface area contributed by atoms with E-state index in [2.05, 4.69) is 67.8 Å². The Hall–Kier alpha value is -1.93. The Morgan fingerprint density at radius 1 is 0.493 bits per heavy atom. The van der Waals surface area contributed by atoms with Crippen LogP contribution in [-0.2, 0) is 14.3 Å². The van der Waals surface area contributed by atoms with Crippen molar-refractivity contribution in [1.29, 1.82) is 0 Å². The smallest absolute Gasteiger partial charge is 0.249 e. The van der Waals surface area contributed by atoms with Crippen molar-refractivity contribution in [2.45, 2.75) is 300 Å². The zero-order valence-electron chi connectivity index (χ0n) is 44.0. The van der Waals surface area contributed by atoms with Crippen molar-refractivity contribution < 1.29 is 50.0 Å². The fraction of sp³-hybridized carbons (Fsp3) is 0.845. The predicted molar refractivity (Wildman–Crippen MR) is 284 cm³/mol. The molecule has 11 heteroatoms. The predicted octanol–water partition coefficient (Wildman–Crippen LogP) is 11.7. The van der Waals surface area contributed by atoms with E-state index in [1.165, 1.54) is 154 Å². The molecular formula is C58H107NO10. The summed E-state index contributed by atoms with van der Waals surface area (Å²) in [5.41, 5.74) is 0. The van der Waals surface area contributed by atoms with Crippen LogP contribution in [-0.4, -0.2) is 110 Å². The summed E-state index contributed by atoms with van der Waals surface area (Å²) in [5, 5.41) is 76.0. The van der Waals surface area contributed by atoms with Gasteiger partial charge in [0.25, 0.3) is 0 Å². The maximum Gasteiger partial charge on any atom is 0.249 e. The van der Waals surface area contributed by atoms with Gasteiger partial charge in [0.1, 0.15) is 36.6 Å². The summed E-state index contributed by atoms with van der Waals surface area (Å²) >= 11 is 0. The number of ether oxygens (including phenoxy) is 2. The quantitative estimate of drug-likeness (QED) is 0.0215. The molecule has 0 spiro atoms. The number of allylic oxidation sites excluding steroid dienone is 8. The molecule has 0 saturated carbocycles. The normalized spacial score (nSPS) is 20.7. The number of carbonyl (C=O) groups excluding carboxylic acids is 1. The Kier molecular flexibility index (Phi) is 44.4. The summed E-state index contributed by atoms with van der Waals surface area (Å²) < 4.78 is 11.1. The van der Waals surface area contributed by atoms with Crippen molar-refractivity contribution >= 4 is 5.91 Å². The molecule has 9 unspecified atom stereocenters. The fourth-order valence-electron chi connectivity index (χ4n) is 8.88. The van der Waals surface area contributed by atoms with Gasteiger partial charge in [-0.3, -0.25) is 4.79 Å². The first-order valence-corrected chi connectivity index (χ1v) is 28.5. The molecule has 0 aromatic carbocycles. The number of aliphatic hydroxyl groups excluding tert-OH is 7. The van der Waals surface area contributed by atoms with Crippen molar-refractivity contribution in [3.8, 4) is 0 Å². The van der Waals surface area contributed by atoms with E-state index >= 15 is 0 Å². The van der Waals surface area contributed by atoms with E-state index in [0.29, 0.717) is 19.3 Å². The second-order valence-corrected chi connectivity index (χ2v) is 20.0. The molecule has 0 aliphatic carbocycles. The zero-order chi connectivity index (χ0) is 50.4. The van der Waals surface area contributed by atoms with Crippen LogP contribution in [0.2, 0.25) is 0 Å². The second kappa shape index (κ2) is 47.1. The number of rotatable bonds is 48. The van der Waals surface area contributed by atoms with E-state index in [0.717, 1.165) is 44.9 Å². The van der Waals surface area contributed by atoms with Gasteiger partial charge in [0, 0.05) is 0 Å². The fourth-order valence-corrected chi connectivity index (χ4v) is 8.88. The Morgan fingerprint density at radius 2 is 0.870 bits per heavy atom. The zero-order valence-corrected chi connectivity index (χ0v) is 44.0. The SMILES string of the molecule is CCCCC/C=C/CC/C=C/CC/C=C/CCCC(O)C(O)C(COC1OC(CO)C(O)C(O)C1O)NC(=O)C(O)CCCCCCCCCCCC/C=C\CCCCCCCCCCCCCC. The molecule has 9 atom stereocenters. The third kappa shape index (κ3) is 35.8. The molecule has 0 aromatic rings. The molecule has 0 aromatic heterocycles. The van der Waals surface area contributed by atoms with Gasteiger partial charge in [-0.25, -0.2) is 0 Å². The lowest BCUT2D eigenvalue weighted by atomic mass is 9.98. The van der Waals surface area contributed by atoms with Gasteiger partial charge >= 0.3 is 0 Å². The van der Waals surface area contributed by atoms with E-state index in [1.807, 2.05) is 0 Å². The molecule has 1 amide bonds. The Morgan fingerprint density at radius 3 is 1.32 bits per heavy atom. The first kappa shape index (κ1) is 65.1. The van der Waals surface area contributed by atoms with Crippen molar-refractivity contribution in [2.24, 2.45) is 0 Å². The van der Waals surface area contributed by atoms with E-state index in [9.17, 15) is 40.5 Å². The molecule has 1 aliphatic rings. The van der Waals surface area contributed by atoms with Gasteiger partial charge < -0.3 is 50.5 Å². The third-order valence-corrected chi connectivity index (χ3v) is 13.6. The van der Waals surface area contributed by atoms with Crippen LogP contribution in [0, 0.1) is 0 Å². The lowest BCUT2D eigenvalue weighted by Crippen LogP contribution is -2.60. The molecule has 69 heavy (non-hydrogen) atoms. The van der Waals surface area contributed by atoms with E-state index in [-0.39, 0.29) is 12.8 Å². The van der Waals surface area contributed by atoms with Crippen LogP contribution in [0.4, 0.5) is 0 Å². The van der Waals surface area contributed by atoms with E-state index in [1.54, 1.807) is 0 Å². The van der Waals surface area contributed by atoms with Gasteiger partial charge in [0.15, 0.2) is 6.29 Å².